The van der Waals surface area contributed by atoms with Crippen LogP contribution in [0, 0.1) is 0 Å². The molecule has 0 bridgehead atoms. The standard InChI is InChI=1S/C17H15N5OS/c23-17(14-10-18-5-6-19-14)21-13-1-2-16(20-9-13)22-7-3-15-12(11-22)4-8-24-15/h1-2,4-6,8-10H,3,7,11H2,(H,21,23). The molecule has 1 aliphatic heterocycles. The predicted octanol–water partition coefficient (Wildman–Crippen LogP) is 2.75. The number of nitrogens with one attached hydrogen (secondary N) is 1. The Morgan fingerprint density at radius 1 is 1.17 bits per heavy atom. The number of thiophene rings is 1. The first kappa shape index (κ1) is 14.8. The Bertz CT molecular complexity index is 847. The van der Waals surface area contributed by atoms with Crippen molar-refractivity contribution in [3.05, 3.63) is 64.5 Å². The quantitative estimate of drug-likeness (QED) is 0.796. The van der Waals surface area contributed by atoms with Crippen LogP contribution in [0.3, 0.4) is 0 Å². The third kappa shape index (κ3) is 2.98. The van der Waals surface area contributed by atoms with Gasteiger partial charge in [0, 0.05) is 30.4 Å². The van der Waals surface area contributed by atoms with Crippen molar-refractivity contribution in [3.63, 3.8) is 0 Å². The number of carbonyl (C=O) groups excluding carboxylic acids is 1. The molecule has 4 heterocycles. The highest BCUT2D eigenvalue weighted by Gasteiger charge is 2.18. The van der Waals surface area contributed by atoms with Crippen LogP contribution in [0.25, 0.3) is 0 Å². The topological polar surface area (TPSA) is 71.0 Å². The van der Waals surface area contributed by atoms with E-state index in [1.165, 1.54) is 29.0 Å². The SMILES string of the molecule is O=C(Nc1ccc(N2CCc3sccc3C2)nc1)c1cnccn1. The summed E-state index contributed by atoms with van der Waals surface area (Å²) in [5.41, 5.74) is 2.30. The van der Waals surface area contributed by atoms with Crippen molar-refractivity contribution in [2.45, 2.75) is 13.0 Å². The van der Waals surface area contributed by atoms with Gasteiger partial charge in [-0.15, -0.1) is 11.3 Å². The summed E-state index contributed by atoms with van der Waals surface area (Å²) >= 11 is 1.82. The number of aromatic nitrogens is 3. The molecule has 0 radical (unpaired) electrons. The highest BCUT2D eigenvalue weighted by molar-refractivity contribution is 7.10. The van der Waals surface area contributed by atoms with Crippen LogP contribution in [0.2, 0.25) is 0 Å². The number of nitrogens with zero attached hydrogens (tertiary/aromatic N) is 4. The van der Waals surface area contributed by atoms with Crippen molar-refractivity contribution in [2.75, 3.05) is 16.8 Å². The van der Waals surface area contributed by atoms with Crippen LogP contribution in [0.4, 0.5) is 11.5 Å². The molecule has 120 valence electrons. The second-order valence-electron chi connectivity index (χ2n) is 5.49. The Labute approximate surface area is 143 Å². The van der Waals surface area contributed by atoms with Gasteiger partial charge in [0.1, 0.15) is 11.5 Å². The number of rotatable bonds is 3. The van der Waals surface area contributed by atoms with Gasteiger partial charge < -0.3 is 10.2 Å². The molecule has 3 aromatic rings. The van der Waals surface area contributed by atoms with Crippen LogP contribution in [0.1, 0.15) is 20.9 Å². The first-order chi connectivity index (χ1) is 11.8. The molecule has 0 spiro atoms. The molecule has 7 heteroatoms. The normalized spacial score (nSPS) is 13.4. The molecule has 0 atom stereocenters. The molecule has 0 fully saturated rings. The summed E-state index contributed by atoms with van der Waals surface area (Å²) in [6.45, 7) is 1.85. The van der Waals surface area contributed by atoms with Gasteiger partial charge in [0.2, 0.25) is 0 Å². The lowest BCUT2D eigenvalue weighted by molar-refractivity contribution is 0.102. The fourth-order valence-electron chi connectivity index (χ4n) is 2.70. The monoisotopic (exact) mass is 337 g/mol. The molecule has 1 aliphatic rings. The van der Waals surface area contributed by atoms with E-state index >= 15 is 0 Å². The number of amides is 1. The first-order valence-electron chi connectivity index (χ1n) is 7.63. The lowest BCUT2D eigenvalue weighted by atomic mass is 10.1. The van der Waals surface area contributed by atoms with E-state index in [4.69, 9.17) is 0 Å². The summed E-state index contributed by atoms with van der Waals surface area (Å²) in [6.07, 6.45) is 7.19. The molecule has 0 unspecified atom stereocenters. The van der Waals surface area contributed by atoms with Gasteiger partial charge in [0.25, 0.3) is 5.91 Å². The maximum Gasteiger partial charge on any atom is 0.275 e. The zero-order valence-corrected chi connectivity index (χ0v) is 13.7. The molecule has 1 N–H and O–H groups in total. The van der Waals surface area contributed by atoms with Crippen LogP contribution in [-0.4, -0.2) is 27.4 Å². The summed E-state index contributed by atoms with van der Waals surface area (Å²) in [7, 11) is 0. The van der Waals surface area contributed by atoms with Crippen LogP contribution < -0.4 is 10.2 Å². The van der Waals surface area contributed by atoms with Gasteiger partial charge >= 0.3 is 0 Å². The Morgan fingerprint density at radius 3 is 2.92 bits per heavy atom. The van der Waals surface area contributed by atoms with Crippen molar-refractivity contribution in [1.29, 1.82) is 0 Å². The van der Waals surface area contributed by atoms with Gasteiger partial charge in [-0.05, 0) is 35.6 Å². The van der Waals surface area contributed by atoms with Gasteiger partial charge in [0.15, 0.2) is 0 Å². The van der Waals surface area contributed by atoms with E-state index in [2.05, 4.69) is 36.6 Å². The van der Waals surface area contributed by atoms with E-state index in [-0.39, 0.29) is 11.6 Å². The zero-order valence-electron chi connectivity index (χ0n) is 12.8. The number of hydrogen-bond acceptors (Lipinski definition) is 6. The Morgan fingerprint density at radius 2 is 2.12 bits per heavy atom. The third-order valence-corrected chi connectivity index (χ3v) is 4.96. The van der Waals surface area contributed by atoms with E-state index in [1.807, 2.05) is 23.5 Å². The van der Waals surface area contributed by atoms with Crippen LogP contribution >= 0.6 is 11.3 Å². The van der Waals surface area contributed by atoms with Crippen molar-refractivity contribution in [1.82, 2.24) is 15.0 Å². The maximum atomic E-state index is 12.1. The summed E-state index contributed by atoms with van der Waals surface area (Å²) in [5.74, 6) is 0.628. The minimum absolute atomic E-state index is 0.280. The largest absolute Gasteiger partial charge is 0.352 e. The first-order valence-corrected chi connectivity index (χ1v) is 8.51. The lowest BCUT2D eigenvalue weighted by Gasteiger charge is -2.28. The smallest absolute Gasteiger partial charge is 0.275 e. The highest BCUT2D eigenvalue weighted by atomic mass is 32.1. The Kier molecular flexibility index (Phi) is 3.92. The molecule has 0 aliphatic carbocycles. The summed E-state index contributed by atoms with van der Waals surface area (Å²) < 4.78 is 0. The maximum absolute atomic E-state index is 12.1. The number of pyridine rings is 1. The molecule has 0 aromatic carbocycles. The molecule has 6 nitrogen and oxygen atoms in total. The number of hydrogen-bond donors (Lipinski definition) is 1. The Hall–Kier alpha value is -2.80. The predicted molar refractivity (Wildman–Crippen MR) is 93.3 cm³/mol. The molecule has 1 amide bonds. The Balaban J connectivity index is 1.45. The van der Waals surface area contributed by atoms with Crippen LogP contribution in [0.5, 0.6) is 0 Å². The van der Waals surface area contributed by atoms with Crippen LogP contribution in [0.15, 0.2) is 48.4 Å². The van der Waals surface area contributed by atoms with Gasteiger partial charge in [-0.1, -0.05) is 0 Å². The van der Waals surface area contributed by atoms with E-state index in [1.54, 1.807) is 6.20 Å². The van der Waals surface area contributed by atoms with Crippen molar-refractivity contribution >= 4 is 28.7 Å². The van der Waals surface area contributed by atoms with Crippen molar-refractivity contribution in [3.8, 4) is 0 Å². The molecule has 4 rings (SSSR count). The number of anilines is 2. The van der Waals surface area contributed by atoms with E-state index in [0.717, 1.165) is 25.3 Å². The van der Waals surface area contributed by atoms with Gasteiger partial charge in [-0.25, -0.2) is 9.97 Å². The summed E-state index contributed by atoms with van der Waals surface area (Å²) in [6, 6.07) is 5.98. The fraction of sp³-hybridized carbons (Fsp3) is 0.176. The number of fused-ring (bicyclic) bond motifs is 1. The second kappa shape index (κ2) is 6.37. The average Bonchev–Trinajstić information content (AvgIpc) is 3.11. The van der Waals surface area contributed by atoms with E-state index < -0.39 is 0 Å². The van der Waals surface area contributed by atoms with Gasteiger partial charge in [-0.3, -0.25) is 9.78 Å². The third-order valence-electron chi connectivity index (χ3n) is 3.93. The summed E-state index contributed by atoms with van der Waals surface area (Å²) in [5, 5.41) is 4.92. The van der Waals surface area contributed by atoms with E-state index in [0.29, 0.717) is 5.69 Å². The molecule has 3 aromatic heterocycles. The zero-order chi connectivity index (χ0) is 16.4. The van der Waals surface area contributed by atoms with Crippen molar-refractivity contribution < 1.29 is 4.79 Å². The van der Waals surface area contributed by atoms with Crippen molar-refractivity contribution in [2.24, 2.45) is 0 Å². The molecular formula is C17H15N5OS. The second-order valence-corrected chi connectivity index (χ2v) is 6.49. The lowest BCUT2D eigenvalue weighted by Crippen LogP contribution is -2.30. The van der Waals surface area contributed by atoms with Gasteiger partial charge in [0.05, 0.1) is 18.1 Å². The highest BCUT2D eigenvalue weighted by Crippen LogP contribution is 2.27. The fourth-order valence-corrected chi connectivity index (χ4v) is 3.59. The van der Waals surface area contributed by atoms with E-state index in [9.17, 15) is 4.79 Å². The average molecular weight is 337 g/mol. The van der Waals surface area contributed by atoms with Gasteiger partial charge in [-0.2, -0.15) is 0 Å². The minimum Gasteiger partial charge on any atom is -0.352 e. The molecule has 0 saturated heterocycles. The molecular weight excluding hydrogens is 322 g/mol. The minimum atomic E-state index is -0.293. The van der Waals surface area contributed by atoms with Crippen LogP contribution in [-0.2, 0) is 13.0 Å². The molecule has 24 heavy (non-hydrogen) atoms. The summed E-state index contributed by atoms with van der Waals surface area (Å²) in [4.78, 5) is 28.1. The number of carbonyl (C=O) groups is 1. The molecule has 0 saturated carbocycles.